The number of hydrogen-bond donors (Lipinski definition) is 0. The summed E-state index contributed by atoms with van der Waals surface area (Å²) < 4.78 is 2.40. The third kappa shape index (κ3) is 1.74. The van der Waals surface area contributed by atoms with Gasteiger partial charge in [0.15, 0.2) is 10.8 Å². The highest BCUT2D eigenvalue weighted by Crippen LogP contribution is 2.23. The van der Waals surface area contributed by atoms with Gasteiger partial charge in [-0.15, -0.1) is 0 Å². The molecule has 1 aromatic carbocycles. The van der Waals surface area contributed by atoms with Crippen LogP contribution in [0.2, 0.25) is 10.2 Å². The van der Waals surface area contributed by atoms with E-state index >= 15 is 0 Å². The average molecular weight is 268 g/mol. The maximum Gasteiger partial charge on any atom is 0.334 e. The van der Waals surface area contributed by atoms with Crippen LogP contribution in [0.25, 0.3) is 5.69 Å². The summed E-state index contributed by atoms with van der Waals surface area (Å²) in [6, 6.07) is 8.68. The molecule has 0 saturated carbocycles. The minimum Gasteiger partial charge on any atom is -0.285 e. The van der Waals surface area contributed by atoms with Crippen LogP contribution < -0.4 is 5.69 Å². The molecule has 0 saturated heterocycles. The third-order valence-corrected chi connectivity index (χ3v) is 3.07. The van der Waals surface area contributed by atoms with Gasteiger partial charge in [0.05, 0.1) is 10.7 Å². The molecule has 0 N–H and O–H groups in total. The van der Waals surface area contributed by atoms with Crippen molar-refractivity contribution in [1.29, 1.82) is 5.26 Å². The van der Waals surface area contributed by atoms with Gasteiger partial charge in [-0.2, -0.15) is 5.26 Å². The molecule has 17 heavy (non-hydrogen) atoms. The Balaban J connectivity index is 2.84. The highest BCUT2D eigenvalue weighted by atomic mass is 35.5. The lowest BCUT2D eigenvalue weighted by atomic mass is 10.3. The number of para-hydroxylation sites is 1. The van der Waals surface area contributed by atoms with Crippen LogP contribution in [-0.2, 0) is 7.05 Å². The normalized spacial score (nSPS) is 10.2. The first-order chi connectivity index (χ1) is 8.07. The monoisotopic (exact) mass is 267 g/mol. The van der Waals surface area contributed by atoms with E-state index in [9.17, 15) is 4.79 Å². The molecule has 86 valence electrons. The number of imidazole rings is 1. The van der Waals surface area contributed by atoms with E-state index in [0.29, 0.717) is 10.7 Å². The van der Waals surface area contributed by atoms with Gasteiger partial charge < -0.3 is 0 Å². The van der Waals surface area contributed by atoms with Gasteiger partial charge in [-0.1, -0.05) is 35.3 Å². The van der Waals surface area contributed by atoms with Crippen molar-refractivity contribution in [3.05, 3.63) is 50.6 Å². The lowest BCUT2D eigenvalue weighted by Gasteiger charge is -2.04. The Morgan fingerprint density at radius 3 is 2.47 bits per heavy atom. The maximum atomic E-state index is 12.0. The Kier molecular flexibility index (Phi) is 2.97. The number of benzene rings is 1. The number of hydrogen-bond acceptors (Lipinski definition) is 2. The molecule has 1 aromatic heterocycles. The Bertz CT molecular complexity index is 679. The SMILES string of the molecule is Cn1c(C#N)c(Cl)n(-c2ccccc2Cl)c1=O. The van der Waals surface area contributed by atoms with Crippen molar-refractivity contribution in [3.8, 4) is 11.8 Å². The number of aromatic nitrogens is 2. The van der Waals surface area contributed by atoms with Crippen molar-refractivity contribution in [2.45, 2.75) is 0 Å². The zero-order valence-corrected chi connectivity index (χ0v) is 10.3. The van der Waals surface area contributed by atoms with E-state index in [1.165, 1.54) is 16.2 Å². The summed E-state index contributed by atoms with van der Waals surface area (Å²) in [6.45, 7) is 0. The molecule has 0 aliphatic rings. The third-order valence-electron chi connectivity index (χ3n) is 2.40. The Labute approximate surface area is 107 Å². The van der Waals surface area contributed by atoms with Gasteiger partial charge >= 0.3 is 5.69 Å². The quantitative estimate of drug-likeness (QED) is 0.797. The van der Waals surface area contributed by atoms with Gasteiger partial charge in [0.25, 0.3) is 0 Å². The lowest BCUT2D eigenvalue weighted by Crippen LogP contribution is -2.21. The van der Waals surface area contributed by atoms with Crippen LogP contribution in [0.5, 0.6) is 0 Å². The first-order valence-electron chi connectivity index (χ1n) is 4.70. The summed E-state index contributed by atoms with van der Waals surface area (Å²) >= 11 is 12.0. The highest BCUT2D eigenvalue weighted by Gasteiger charge is 2.18. The number of nitrogens with zero attached hydrogens (tertiary/aromatic N) is 3. The van der Waals surface area contributed by atoms with Crippen LogP contribution in [-0.4, -0.2) is 9.13 Å². The molecule has 0 radical (unpaired) electrons. The molecule has 1 heterocycles. The molecule has 0 bridgehead atoms. The van der Waals surface area contributed by atoms with E-state index in [1.54, 1.807) is 24.3 Å². The van der Waals surface area contributed by atoms with Crippen LogP contribution in [0.4, 0.5) is 0 Å². The summed E-state index contributed by atoms with van der Waals surface area (Å²) in [4.78, 5) is 12.0. The van der Waals surface area contributed by atoms with E-state index in [2.05, 4.69) is 0 Å². The largest absolute Gasteiger partial charge is 0.334 e. The zero-order valence-electron chi connectivity index (χ0n) is 8.82. The van der Waals surface area contributed by atoms with Crippen LogP contribution in [0.15, 0.2) is 29.1 Å². The van der Waals surface area contributed by atoms with Crippen molar-refractivity contribution in [1.82, 2.24) is 9.13 Å². The zero-order chi connectivity index (χ0) is 12.6. The van der Waals surface area contributed by atoms with E-state index in [-0.39, 0.29) is 10.8 Å². The second-order valence-corrected chi connectivity index (χ2v) is 4.14. The van der Waals surface area contributed by atoms with E-state index in [4.69, 9.17) is 28.5 Å². The summed E-state index contributed by atoms with van der Waals surface area (Å²) in [5.74, 6) is 0. The van der Waals surface area contributed by atoms with Crippen LogP contribution in [0, 0.1) is 11.3 Å². The number of rotatable bonds is 1. The fourth-order valence-corrected chi connectivity index (χ4v) is 2.09. The molecular formula is C11H7Cl2N3O. The van der Waals surface area contributed by atoms with Gasteiger partial charge in [-0.05, 0) is 12.1 Å². The fraction of sp³-hybridized carbons (Fsp3) is 0.0909. The van der Waals surface area contributed by atoms with Crippen LogP contribution in [0.3, 0.4) is 0 Å². The van der Waals surface area contributed by atoms with E-state index < -0.39 is 5.69 Å². The van der Waals surface area contributed by atoms with Gasteiger partial charge in [-0.25, -0.2) is 9.36 Å². The minimum absolute atomic E-state index is 0.0631. The van der Waals surface area contributed by atoms with Crippen molar-refractivity contribution < 1.29 is 0 Å². The molecule has 0 aliphatic heterocycles. The second-order valence-electron chi connectivity index (χ2n) is 3.38. The van der Waals surface area contributed by atoms with E-state index in [0.717, 1.165) is 0 Å². The van der Waals surface area contributed by atoms with Gasteiger partial charge in [0.1, 0.15) is 6.07 Å². The molecule has 6 heteroatoms. The minimum atomic E-state index is -0.403. The van der Waals surface area contributed by atoms with Crippen LogP contribution in [0.1, 0.15) is 5.69 Å². The summed E-state index contributed by atoms with van der Waals surface area (Å²) in [7, 11) is 1.49. The Morgan fingerprint density at radius 2 is 1.94 bits per heavy atom. The van der Waals surface area contributed by atoms with Gasteiger partial charge in [0, 0.05) is 7.05 Å². The molecule has 0 atom stereocenters. The van der Waals surface area contributed by atoms with Crippen molar-refractivity contribution in [2.24, 2.45) is 7.05 Å². The van der Waals surface area contributed by atoms with Gasteiger partial charge in [0.2, 0.25) is 0 Å². The Morgan fingerprint density at radius 1 is 1.29 bits per heavy atom. The molecule has 2 rings (SSSR count). The van der Waals surface area contributed by atoms with E-state index in [1.807, 2.05) is 6.07 Å². The topological polar surface area (TPSA) is 50.7 Å². The predicted octanol–water partition coefficient (Wildman–Crippen LogP) is 2.35. The molecule has 0 aliphatic carbocycles. The molecule has 0 fully saturated rings. The summed E-state index contributed by atoms with van der Waals surface area (Å²) in [6.07, 6.45) is 0. The number of halogens is 2. The molecule has 2 aromatic rings. The van der Waals surface area contributed by atoms with Crippen molar-refractivity contribution >= 4 is 23.2 Å². The van der Waals surface area contributed by atoms with Gasteiger partial charge in [-0.3, -0.25) is 4.57 Å². The molecular weight excluding hydrogens is 261 g/mol. The fourth-order valence-electron chi connectivity index (χ4n) is 1.54. The number of nitriles is 1. The summed E-state index contributed by atoms with van der Waals surface area (Å²) in [5, 5.41) is 9.37. The first-order valence-corrected chi connectivity index (χ1v) is 5.45. The van der Waals surface area contributed by atoms with Crippen LogP contribution >= 0.6 is 23.2 Å². The molecule has 0 unspecified atom stereocenters. The molecule has 0 amide bonds. The lowest BCUT2D eigenvalue weighted by molar-refractivity contribution is 0.816. The second kappa shape index (κ2) is 4.28. The summed E-state index contributed by atoms with van der Waals surface area (Å²) in [5.41, 5.74) is 0.164. The predicted molar refractivity (Wildman–Crippen MR) is 65.7 cm³/mol. The molecule has 0 spiro atoms. The molecule has 4 nitrogen and oxygen atoms in total. The van der Waals surface area contributed by atoms with Crippen molar-refractivity contribution in [2.75, 3.05) is 0 Å². The maximum absolute atomic E-state index is 12.0. The highest BCUT2D eigenvalue weighted by molar-refractivity contribution is 6.33. The smallest absolute Gasteiger partial charge is 0.285 e. The Hall–Kier alpha value is -1.70. The average Bonchev–Trinajstić information content (AvgIpc) is 2.52. The van der Waals surface area contributed by atoms with Crippen molar-refractivity contribution in [3.63, 3.8) is 0 Å². The standard InChI is InChI=1S/C11H7Cl2N3O/c1-15-9(6-14)10(13)16(11(15)17)8-5-3-2-4-7(8)12/h2-5H,1H3. The first kappa shape index (κ1) is 11.8.